The molecule has 1 aromatic carbocycles. The standard InChI is InChI=1S/C11H14O4/c1-8-4-9(11(12)14-3)6-10(5-8)15-7-13-2/h4-6H,7H2,1-3H3. The van der Waals surface area contributed by atoms with Crippen LogP contribution in [0.4, 0.5) is 0 Å². The van der Waals surface area contributed by atoms with Gasteiger partial charge < -0.3 is 14.2 Å². The van der Waals surface area contributed by atoms with Crippen molar-refractivity contribution in [3.8, 4) is 5.75 Å². The molecule has 0 aliphatic rings. The maximum atomic E-state index is 11.3. The Labute approximate surface area is 88.8 Å². The molecule has 0 saturated carbocycles. The number of esters is 1. The molecule has 0 fully saturated rings. The van der Waals surface area contributed by atoms with Crippen LogP contribution in [-0.4, -0.2) is 27.0 Å². The molecular weight excluding hydrogens is 196 g/mol. The molecule has 0 N–H and O–H groups in total. The van der Waals surface area contributed by atoms with Crippen molar-refractivity contribution in [3.63, 3.8) is 0 Å². The minimum atomic E-state index is -0.374. The number of benzene rings is 1. The first-order valence-electron chi connectivity index (χ1n) is 4.49. The highest BCUT2D eigenvalue weighted by atomic mass is 16.7. The van der Waals surface area contributed by atoms with Crippen molar-refractivity contribution in [3.05, 3.63) is 29.3 Å². The zero-order valence-corrected chi connectivity index (χ0v) is 9.07. The van der Waals surface area contributed by atoms with Gasteiger partial charge in [0.1, 0.15) is 5.75 Å². The van der Waals surface area contributed by atoms with Crippen molar-refractivity contribution in [2.24, 2.45) is 0 Å². The van der Waals surface area contributed by atoms with Crippen LogP contribution in [0.5, 0.6) is 5.75 Å². The average molecular weight is 210 g/mol. The summed E-state index contributed by atoms with van der Waals surface area (Å²) in [4.78, 5) is 11.3. The molecule has 0 aromatic heterocycles. The molecule has 0 saturated heterocycles. The number of ether oxygens (including phenoxy) is 3. The molecule has 0 heterocycles. The fraction of sp³-hybridized carbons (Fsp3) is 0.364. The van der Waals surface area contributed by atoms with E-state index >= 15 is 0 Å². The summed E-state index contributed by atoms with van der Waals surface area (Å²) in [6.07, 6.45) is 0. The largest absolute Gasteiger partial charge is 0.468 e. The summed E-state index contributed by atoms with van der Waals surface area (Å²) >= 11 is 0. The number of methoxy groups -OCH3 is 2. The second-order valence-electron chi connectivity index (χ2n) is 3.08. The lowest BCUT2D eigenvalue weighted by Crippen LogP contribution is -2.04. The van der Waals surface area contributed by atoms with E-state index in [4.69, 9.17) is 9.47 Å². The summed E-state index contributed by atoms with van der Waals surface area (Å²) < 4.78 is 14.6. The van der Waals surface area contributed by atoms with Gasteiger partial charge in [-0.1, -0.05) is 0 Å². The maximum Gasteiger partial charge on any atom is 0.337 e. The minimum absolute atomic E-state index is 0.157. The van der Waals surface area contributed by atoms with E-state index in [1.165, 1.54) is 14.2 Å². The SMILES string of the molecule is COCOc1cc(C)cc(C(=O)OC)c1. The molecule has 1 rings (SSSR count). The van der Waals surface area contributed by atoms with Gasteiger partial charge in [-0.25, -0.2) is 4.79 Å². The van der Waals surface area contributed by atoms with Crippen LogP contribution in [0.15, 0.2) is 18.2 Å². The van der Waals surface area contributed by atoms with E-state index in [1.54, 1.807) is 12.1 Å². The van der Waals surface area contributed by atoms with Gasteiger partial charge in [0.15, 0.2) is 6.79 Å². The van der Waals surface area contributed by atoms with Gasteiger partial charge in [0.25, 0.3) is 0 Å². The van der Waals surface area contributed by atoms with Gasteiger partial charge in [0.2, 0.25) is 0 Å². The van der Waals surface area contributed by atoms with E-state index in [-0.39, 0.29) is 12.8 Å². The topological polar surface area (TPSA) is 44.8 Å². The van der Waals surface area contributed by atoms with Gasteiger partial charge in [0.05, 0.1) is 12.7 Å². The lowest BCUT2D eigenvalue weighted by molar-refractivity contribution is 0.0503. The third-order valence-corrected chi connectivity index (χ3v) is 1.82. The van der Waals surface area contributed by atoms with E-state index in [2.05, 4.69) is 4.74 Å². The average Bonchev–Trinajstić information content (AvgIpc) is 2.24. The summed E-state index contributed by atoms with van der Waals surface area (Å²) in [7, 11) is 2.89. The Bertz CT molecular complexity index is 346. The molecule has 0 spiro atoms. The van der Waals surface area contributed by atoms with Crippen LogP contribution in [0, 0.1) is 6.92 Å². The quantitative estimate of drug-likeness (QED) is 0.561. The van der Waals surface area contributed by atoms with Crippen LogP contribution < -0.4 is 4.74 Å². The number of hydrogen-bond donors (Lipinski definition) is 0. The second kappa shape index (κ2) is 5.36. The van der Waals surface area contributed by atoms with Crippen LogP contribution in [0.2, 0.25) is 0 Å². The fourth-order valence-electron chi connectivity index (χ4n) is 1.19. The van der Waals surface area contributed by atoms with Crippen LogP contribution in [0.1, 0.15) is 15.9 Å². The summed E-state index contributed by atoms with van der Waals surface area (Å²) in [5.74, 6) is 0.221. The molecule has 0 aliphatic heterocycles. The molecule has 1 aromatic rings. The minimum Gasteiger partial charge on any atom is -0.468 e. The van der Waals surface area contributed by atoms with Crippen molar-refractivity contribution in [2.75, 3.05) is 21.0 Å². The van der Waals surface area contributed by atoms with E-state index in [0.29, 0.717) is 11.3 Å². The number of carbonyl (C=O) groups excluding carboxylic acids is 1. The molecule has 0 bridgehead atoms. The van der Waals surface area contributed by atoms with E-state index in [0.717, 1.165) is 5.56 Å². The van der Waals surface area contributed by atoms with Gasteiger partial charge in [-0.05, 0) is 30.7 Å². The molecule has 0 radical (unpaired) electrons. The Hall–Kier alpha value is -1.55. The predicted molar refractivity (Wildman–Crippen MR) is 55.0 cm³/mol. The zero-order valence-electron chi connectivity index (χ0n) is 9.07. The molecule has 82 valence electrons. The summed E-state index contributed by atoms with van der Waals surface area (Å²) in [6.45, 7) is 2.04. The van der Waals surface area contributed by atoms with Crippen LogP contribution in [0.25, 0.3) is 0 Å². The van der Waals surface area contributed by atoms with Gasteiger partial charge in [0, 0.05) is 7.11 Å². The van der Waals surface area contributed by atoms with Gasteiger partial charge in [-0.3, -0.25) is 0 Å². The van der Waals surface area contributed by atoms with E-state index in [9.17, 15) is 4.79 Å². The molecule has 0 aliphatic carbocycles. The van der Waals surface area contributed by atoms with E-state index in [1.807, 2.05) is 13.0 Å². The molecule has 0 atom stereocenters. The Kier molecular flexibility index (Phi) is 4.12. The number of rotatable bonds is 4. The summed E-state index contributed by atoms with van der Waals surface area (Å²) in [6, 6.07) is 5.19. The van der Waals surface area contributed by atoms with Crippen LogP contribution in [-0.2, 0) is 9.47 Å². The normalized spacial score (nSPS) is 9.80. The highest BCUT2D eigenvalue weighted by molar-refractivity contribution is 5.90. The third kappa shape index (κ3) is 3.25. The fourth-order valence-corrected chi connectivity index (χ4v) is 1.19. The first kappa shape index (κ1) is 11.5. The molecule has 15 heavy (non-hydrogen) atoms. The summed E-state index contributed by atoms with van der Waals surface area (Å²) in [5.41, 5.74) is 1.41. The Balaban J connectivity index is 2.89. The molecular formula is C11H14O4. The highest BCUT2D eigenvalue weighted by Gasteiger charge is 2.07. The Morgan fingerprint density at radius 2 is 2.00 bits per heavy atom. The predicted octanol–water partition coefficient (Wildman–Crippen LogP) is 1.76. The third-order valence-electron chi connectivity index (χ3n) is 1.82. The van der Waals surface area contributed by atoms with Crippen molar-refractivity contribution >= 4 is 5.97 Å². The Morgan fingerprint density at radius 3 is 2.60 bits per heavy atom. The van der Waals surface area contributed by atoms with Crippen molar-refractivity contribution < 1.29 is 19.0 Å². The number of carbonyl (C=O) groups is 1. The van der Waals surface area contributed by atoms with Crippen molar-refractivity contribution in [1.82, 2.24) is 0 Å². The molecule has 4 nitrogen and oxygen atoms in total. The first-order valence-corrected chi connectivity index (χ1v) is 4.49. The maximum absolute atomic E-state index is 11.3. The zero-order chi connectivity index (χ0) is 11.3. The Morgan fingerprint density at radius 1 is 1.27 bits per heavy atom. The molecule has 0 amide bonds. The number of hydrogen-bond acceptors (Lipinski definition) is 4. The molecule has 4 heteroatoms. The van der Waals surface area contributed by atoms with Crippen LogP contribution >= 0.6 is 0 Å². The smallest absolute Gasteiger partial charge is 0.337 e. The lowest BCUT2D eigenvalue weighted by atomic mass is 10.1. The van der Waals surface area contributed by atoms with Crippen LogP contribution in [0.3, 0.4) is 0 Å². The van der Waals surface area contributed by atoms with Crippen molar-refractivity contribution in [2.45, 2.75) is 6.92 Å². The number of aryl methyl sites for hydroxylation is 1. The highest BCUT2D eigenvalue weighted by Crippen LogP contribution is 2.17. The monoisotopic (exact) mass is 210 g/mol. The van der Waals surface area contributed by atoms with Gasteiger partial charge >= 0.3 is 5.97 Å². The van der Waals surface area contributed by atoms with Gasteiger partial charge in [-0.15, -0.1) is 0 Å². The van der Waals surface area contributed by atoms with Crippen molar-refractivity contribution in [1.29, 1.82) is 0 Å². The second-order valence-corrected chi connectivity index (χ2v) is 3.08. The molecule has 0 unspecified atom stereocenters. The first-order chi connectivity index (χ1) is 7.17. The lowest BCUT2D eigenvalue weighted by Gasteiger charge is -2.07. The van der Waals surface area contributed by atoms with E-state index < -0.39 is 0 Å². The van der Waals surface area contributed by atoms with Gasteiger partial charge in [-0.2, -0.15) is 0 Å². The summed E-state index contributed by atoms with van der Waals surface area (Å²) in [5, 5.41) is 0.